The van der Waals surface area contributed by atoms with Crippen LogP contribution in [0.15, 0.2) is 213 Å². The molecule has 0 amide bonds. The topological polar surface area (TPSA) is 669 Å². The smallest absolute Gasteiger partial charge is 0.693 e. The van der Waals surface area contributed by atoms with Crippen molar-refractivity contribution in [1.29, 1.82) is 0 Å². The van der Waals surface area contributed by atoms with Crippen LogP contribution >= 0.6 is 133 Å². The van der Waals surface area contributed by atoms with Gasteiger partial charge in [0.15, 0.2) is 0 Å². The maximum absolute atomic E-state index is 10.2. The predicted octanol–water partition coefficient (Wildman–Crippen LogP) is 27.3. The summed E-state index contributed by atoms with van der Waals surface area (Å²) in [7, 11) is 68.1. The Bertz CT molecular complexity index is 2880. The summed E-state index contributed by atoms with van der Waals surface area (Å²) in [5.41, 5.74) is 10.7. The van der Waals surface area contributed by atoms with Crippen LogP contribution in [0.3, 0.4) is 0 Å². The number of carbonyl (C=O) groups is 6. The number of halogens is 14. The van der Waals surface area contributed by atoms with Gasteiger partial charge in [0.1, 0.15) is 0 Å². The predicted molar refractivity (Wildman–Crippen MR) is 489 cm³/mol. The first-order valence-corrected chi connectivity index (χ1v) is 64.3. The van der Waals surface area contributed by atoms with E-state index < -0.39 is 102 Å². The van der Waals surface area contributed by atoms with Crippen molar-refractivity contribution >= 4 is 169 Å². The number of hydrogen-bond donors (Lipinski definition) is 6. The Hall–Kier alpha value is -0.873. The fourth-order valence-electron chi connectivity index (χ4n) is 6.01. The second-order valence-electron chi connectivity index (χ2n) is 18.9. The fraction of sp³-hybridized carbons (Fsp3) is 0.239. The number of pyridine rings is 4. The minimum Gasteiger partial charge on any atom is -0.693 e. The summed E-state index contributed by atoms with van der Waals surface area (Å²) in [6.07, 6.45) is 16.3. The van der Waals surface area contributed by atoms with Crippen LogP contribution in [-0.4, -0.2) is 108 Å². The van der Waals surface area contributed by atoms with Crippen LogP contribution in [0.25, 0.3) is 49.2 Å². The van der Waals surface area contributed by atoms with Gasteiger partial charge in [-0.2, -0.15) is 0 Å². The van der Waals surface area contributed by atoms with Crippen molar-refractivity contribution in [2.75, 3.05) is 0 Å². The Balaban J connectivity index is -0.0000000357. The largest absolute Gasteiger partial charge is 1.00 e. The summed E-state index contributed by atoms with van der Waals surface area (Å²) >= 11 is -2.93. The SMILES string of the molecule is Cc1ccc(C(C)C)cc1.Cc1ccc(C(C)C)cc1.Cc1ccccc1.O.O.O.O.O=C(O)C(=O)O.O=C(O)CCc1cccnc1.O=C(O)CCc1cccnc1.O=C(O)CCc1cccnc1.O=C(O)CCc1cccnc1.[CH3-].[CH3-].[CH3-].[CH3-].[Cl][Pt+2][Cl].[Cl][Pt+2][Cl].[Cl][Pt+2][Cl].[Cl][Pt+2][Cl].[Cl][Ru][Cl].[Cl][Ru][Cl].[Cl][Ru][Cl].[NH2-].[NH2-].[NH2-].[NH2-].[NH2-].[NH2-].[NH2-].[NH2-].[Ru+].c1ccccc1. The second-order valence-corrected chi connectivity index (χ2v) is 40.0. The minimum absolute atomic E-state index is 0. The Morgan fingerprint density at radius 3 is 0.562 bits per heavy atom. The second kappa shape index (κ2) is 153. The number of nitrogens with zero attached hydrogens (tertiary/aromatic N) is 4. The molecule has 121 heavy (non-hydrogen) atoms. The molecule has 8 aromatic rings. The summed E-state index contributed by atoms with van der Waals surface area (Å²) in [5, 5.41) is 48.2. The molecule has 729 valence electrons. The number of aromatic nitrogens is 4. The first kappa shape index (κ1) is 188. The van der Waals surface area contributed by atoms with Crippen molar-refractivity contribution in [3.8, 4) is 0 Å². The third kappa shape index (κ3) is 173. The fourth-order valence-corrected chi connectivity index (χ4v) is 6.01. The molecule has 28 nitrogen and oxygen atoms in total. The molecule has 0 atom stereocenters. The quantitative estimate of drug-likeness (QED) is 0.0334. The van der Waals surface area contributed by atoms with Crippen LogP contribution in [-0.2, 0) is 185 Å². The van der Waals surface area contributed by atoms with E-state index in [1.807, 2.05) is 78.9 Å². The van der Waals surface area contributed by atoms with Gasteiger partial charge in [-0.05, 0) is 116 Å². The Labute approximate surface area is 844 Å². The van der Waals surface area contributed by atoms with Crippen LogP contribution in [0.2, 0.25) is 0 Å². The van der Waals surface area contributed by atoms with Crippen LogP contribution in [0.5, 0.6) is 0 Å². The number of aliphatic carboxylic acids is 6. The maximum Gasteiger partial charge on any atom is 1.00 e. The standard InChI is InChI=1S/2C10H14.4C8H9NO2.C7H8.C6H6.C2H2O4.4CH3.14ClH.8H2N.4H2O.4Pt.4Ru/c2*1-8(2)10-6-4-9(3)5-7-10;4*10-8(11)4-3-7-2-1-5-9-6-7;1-7-5-3-2-4-6-7;1-2-4-6-5-3-1;3-1(4)2(5)6;;;;;;;;;;;;;;;;;;;;;;;;;;;;;;;;;;;;;;/h2*4-8H,1-3H3;4*1-2,5-6H,3-4H2,(H,10,11);2-6H,1H3;1-6H;(H,3,4)(H,5,6);4*1H3;14*1H;12*1H2;;;;;;;;/q;;;;;;;;;4*-1;;;;;;;;;;;;;;;8*-1;;;;;4*+4;+1;3*+2/p-14. The monoisotopic (exact) mass is 3070 g/mol. The number of rotatable bonds is 14. The molecule has 0 saturated heterocycles. The molecule has 0 aliphatic carbocycles. The van der Waals surface area contributed by atoms with E-state index in [-0.39, 0.29) is 191 Å². The average molecular weight is 3070 g/mol. The molecule has 1 radical (unpaired) electrons. The van der Waals surface area contributed by atoms with Gasteiger partial charge in [0.2, 0.25) is 0 Å². The van der Waals surface area contributed by atoms with Gasteiger partial charge in [-0.1, -0.05) is 184 Å². The number of carboxylic acid groups (broad SMARTS) is 6. The van der Waals surface area contributed by atoms with Crippen LogP contribution in [0, 0.1) is 50.5 Å². The summed E-state index contributed by atoms with van der Waals surface area (Å²) in [6, 6.07) is 54.4. The number of nitrogens with two attached hydrogens (primary N) is 8. The van der Waals surface area contributed by atoms with Crippen molar-refractivity contribution in [2.45, 2.75) is 112 Å². The molecule has 30 N–H and O–H groups in total. The van der Waals surface area contributed by atoms with E-state index in [1.54, 1.807) is 73.8 Å². The van der Waals surface area contributed by atoms with E-state index in [0.29, 0.717) is 37.5 Å². The van der Waals surface area contributed by atoms with Gasteiger partial charge in [0, 0.05) is 75.3 Å². The van der Waals surface area contributed by atoms with Crippen molar-refractivity contribution in [3.63, 3.8) is 0 Å². The summed E-state index contributed by atoms with van der Waals surface area (Å²) in [6.45, 7) is 15.2. The molecule has 0 aliphatic heterocycles. The van der Waals surface area contributed by atoms with Crippen molar-refractivity contribution in [1.82, 2.24) is 19.9 Å². The molecule has 0 spiro atoms. The van der Waals surface area contributed by atoms with Crippen LogP contribution in [0.1, 0.15) is 115 Å². The van der Waals surface area contributed by atoms with Gasteiger partial charge >= 0.3 is 300 Å². The van der Waals surface area contributed by atoms with Gasteiger partial charge in [-0.3, -0.25) is 39.1 Å². The molecule has 0 unspecified atom stereocenters. The molecular weight excluding hydrogens is 2960 g/mol. The van der Waals surface area contributed by atoms with Gasteiger partial charge in [0.25, 0.3) is 0 Å². The van der Waals surface area contributed by atoms with E-state index in [9.17, 15) is 19.2 Å². The summed E-state index contributed by atoms with van der Waals surface area (Å²) in [5.74, 6) is -5.42. The minimum atomic E-state index is -1.82. The number of aryl methyl sites for hydroxylation is 7. The zero-order valence-electron chi connectivity index (χ0n) is 67.0. The molecular formula is C71H116Cl14N12O16Pt4Ru4-3. The molecule has 8 rings (SSSR count). The van der Waals surface area contributed by atoms with Crippen molar-refractivity contribution in [3.05, 3.63) is 342 Å². The van der Waals surface area contributed by atoms with E-state index in [1.165, 1.54) is 27.8 Å². The van der Waals surface area contributed by atoms with Gasteiger partial charge in [-0.15, -0.1) is 0 Å². The molecule has 50 heteroatoms. The van der Waals surface area contributed by atoms with E-state index in [4.69, 9.17) is 174 Å². The van der Waals surface area contributed by atoms with Gasteiger partial charge in [0.05, 0.1) is 0 Å². The Morgan fingerprint density at radius 1 is 0.306 bits per heavy atom. The third-order valence-electron chi connectivity index (χ3n) is 10.7. The van der Waals surface area contributed by atoms with E-state index in [2.05, 4.69) is 129 Å². The van der Waals surface area contributed by atoms with Gasteiger partial charge < -0.3 is 131 Å². The van der Waals surface area contributed by atoms with Crippen molar-refractivity contribution in [2.24, 2.45) is 0 Å². The number of carboxylic acids is 6. The first-order valence-electron chi connectivity index (χ1n) is 28.4. The maximum atomic E-state index is 10.2. The van der Waals surface area contributed by atoms with Gasteiger partial charge in [-0.25, -0.2) is 9.59 Å². The van der Waals surface area contributed by atoms with Crippen LogP contribution in [0.4, 0.5) is 0 Å². The summed E-state index contributed by atoms with van der Waals surface area (Å²) < 4.78 is 0. The number of hydrogen-bond acceptors (Lipinski definition) is 10. The molecule has 0 aliphatic rings. The normalized spacial score (nSPS) is 7.69. The molecule has 0 saturated carbocycles. The molecule has 4 heterocycles. The first-order chi connectivity index (χ1) is 49.5. The van der Waals surface area contributed by atoms with Crippen LogP contribution < -0.4 is 0 Å². The number of benzene rings is 4. The summed E-state index contributed by atoms with van der Waals surface area (Å²) in [4.78, 5) is 74.3. The Kier molecular flexibility index (Phi) is 239. The third-order valence-corrected chi connectivity index (χ3v) is 10.7. The zero-order valence-corrected chi connectivity index (χ0v) is 93.7. The molecule has 0 fully saturated rings. The van der Waals surface area contributed by atoms with E-state index >= 15 is 0 Å². The molecule has 4 aromatic carbocycles. The van der Waals surface area contributed by atoms with Crippen molar-refractivity contribution < 1.29 is 212 Å². The van der Waals surface area contributed by atoms with E-state index in [0.717, 1.165) is 22.3 Å². The average Bonchev–Trinajstić information content (AvgIpc) is 0.919. The molecule has 0 bridgehead atoms. The molecule has 4 aromatic heterocycles. The zero-order chi connectivity index (χ0) is 81.0. The Morgan fingerprint density at radius 2 is 0.455 bits per heavy atom.